The summed E-state index contributed by atoms with van der Waals surface area (Å²) < 4.78 is 34.9. The van der Waals surface area contributed by atoms with E-state index in [9.17, 15) is 18.0 Å². The van der Waals surface area contributed by atoms with Gasteiger partial charge >= 0.3 is 6.18 Å². The summed E-state index contributed by atoms with van der Waals surface area (Å²) in [5, 5.41) is 4.43. The minimum absolute atomic E-state index is 0.334. The van der Waals surface area contributed by atoms with Crippen molar-refractivity contribution in [2.24, 2.45) is 0 Å². The van der Waals surface area contributed by atoms with Crippen molar-refractivity contribution in [2.75, 3.05) is 19.6 Å². The SMILES string of the molecule is CC#CCCNC(=O)CNCC(F)(F)F. The van der Waals surface area contributed by atoms with Gasteiger partial charge < -0.3 is 10.6 Å². The Morgan fingerprint density at radius 2 is 2.07 bits per heavy atom. The van der Waals surface area contributed by atoms with Crippen LogP contribution in [0.1, 0.15) is 13.3 Å². The third-order valence-electron chi connectivity index (χ3n) is 1.36. The molecular weight excluding hydrogens is 209 g/mol. The fourth-order valence-electron chi connectivity index (χ4n) is 0.770. The molecule has 0 aliphatic carbocycles. The fraction of sp³-hybridized carbons (Fsp3) is 0.667. The summed E-state index contributed by atoms with van der Waals surface area (Å²) in [6, 6.07) is 0. The van der Waals surface area contributed by atoms with Crippen molar-refractivity contribution >= 4 is 5.91 Å². The van der Waals surface area contributed by atoms with Gasteiger partial charge in [0.05, 0.1) is 13.1 Å². The molecule has 86 valence electrons. The van der Waals surface area contributed by atoms with Crippen LogP contribution in [0.25, 0.3) is 0 Å². The van der Waals surface area contributed by atoms with E-state index in [1.54, 1.807) is 6.92 Å². The van der Waals surface area contributed by atoms with Crippen LogP contribution in [0.4, 0.5) is 13.2 Å². The van der Waals surface area contributed by atoms with Gasteiger partial charge in [0.15, 0.2) is 0 Å². The molecule has 0 radical (unpaired) electrons. The summed E-state index contributed by atoms with van der Waals surface area (Å²) in [7, 11) is 0. The second-order valence-corrected chi connectivity index (χ2v) is 2.75. The lowest BCUT2D eigenvalue weighted by Crippen LogP contribution is -2.38. The van der Waals surface area contributed by atoms with Crippen molar-refractivity contribution in [2.45, 2.75) is 19.5 Å². The Kier molecular flexibility index (Phi) is 6.54. The first-order chi connectivity index (χ1) is 6.95. The highest BCUT2D eigenvalue weighted by atomic mass is 19.4. The van der Waals surface area contributed by atoms with E-state index in [-0.39, 0.29) is 6.54 Å². The molecular formula is C9H13F3N2O. The zero-order chi connectivity index (χ0) is 11.7. The maximum absolute atomic E-state index is 11.6. The lowest BCUT2D eigenvalue weighted by atomic mass is 10.4. The van der Waals surface area contributed by atoms with Gasteiger partial charge in [0.2, 0.25) is 5.91 Å². The van der Waals surface area contributed by atoms with E-state index in [1.807, 2.05) is 5.32 Å². The molecule has 0 saturated heterocycles. The Morgan fingerprint density at radius 1 is 1.40 bits per heavy atom. The van der Waals surface area contributed by atoms with Crippen LogP contribution in [0, 0.1) is 11.8 Å². The minimum Gasteiger partial charge on any atom is -0.354 e. The van der Waals surface area contributed by atoms with E-state index < -0.39 is 18.6 Å². The highest BCUT2D eigenvalue weighted by Crippen LogP contribution is 2.11. The average molecular weight is 222 g/mol. The van der Waals surface area contributed by atoms with Crippen molar-refractivity contribution in [3.63, 3.8) is 0 Å². The minimum atomic E-state index is -4.28. The summed E-state index contributed by atoms with van der Waals surface area (Å²) in [6.07, 6.45) is -3.78. The number of rotatable bonds is 5. The maximum atomic E-state index is 11.6. The van der Waals surface area contributed by atoms with E-state index in [2.05, 4.69) is 17.2 Å². The Hall–Kier alpha value is -1.22. The second-order valence-electron chi connectivity index (χ2n) is 2.75. The molecule has 0 unspecified atom stereocenters. The molecule has 0 atom stereocenters. The van der Waals surface area contributed by atoms with Crippen molar-refractivity contribution < 1.29 is 18.0 Å². The van der Waals surface area contributed by atoms with Crippen LogP contribution in [-0.2, 0) is 4.79 Å². The van der Waals surface area contributed by atoms with Crippen LogP contribution in [0.15, 0.2) is 0 Å². The summed E-state index contributed by atoms with van der Waals surface area (Å²) in [5.41, 5.74) is 0. The van der Waals surface area contributed by atoms with Gasteiger partial charge in [0, 0.05) is 13.0 Å². The highest BCUT2D eigenvalue weighted by molar-refractivity contribution is 5.77. The molecule has 6 heteroatoms. The predicted molar refractivity (Wildman–Crippen MR) is 50.0 cm³/mol. The molecule has 0 aromatic carbocycles. The third kappa shape index (κ3) is 10.7. The standard InChI is InChI=1S/C9H13F3N2O/c1-2-3-4-5-14-8(15)6-13-7-9(10,11)12/h13H,4-7H2,1H3,(H,14,15). The molecule has 0 spiro atoms. The van der Waals surface area contributed by atoms with Gasteiger partial charge in [-0.25, -0.2) is 0 Å². The molecule has 0 aromatic heterocycles. The quantitative estimate of drug-likeness (QED) is 0.530. The summed E-state index contributed by atoms with van der Waals surface area (Å²) in [4.78, 5) is 10.9. The number of alkyl halides is 3. The number of carbonyl (C=O) groups excluding carboxylic acids is 1. The van der Waals surface area contributed by atoms with Crippen molar-refractivity contribution in [3.05, 3.63) is 0 Å². The molecule has 3 nitrogen and oxygen atoms in total. The topological polar surface area (TPSA) is 41.1 Å². The van der Waals surface area contributed by atoms with Gasteiger partial charge in [-0.2, -0.15) is 13.2 Å². The normalized spacial score (nSPS) is 10.4. The zero-order valence-electron chi connectivity index (χ0n) is 8.37. The number of halogens is 3. The van der Waals surface area contributed by atoms with Crippen molar-refractivity contribution in [3.8, 4) is 11.8 Å². The Bertz CT molecular complexity index is 252. The van der Waals surface area contributed by atoms with E-state index in [0.717, 1.165) is 0 Å². The number of carbonyl (C=O) groups is 1. The Labute approximate surface area is 86.4 Å². The van der Waals surface area contributed by atoms with Gasteiger partial charge in [-0.1, -0.05) is 0 Å². The van der Waals surface area contributed by atoms with Gasteiger partial charge in [-0.3, -0.25) is 4.79 Å². The molecule has 0 heterocycles. The predicted octanol–water partition coefficient (Wildman–Crippen LogP) is 0.668. The molecule has 0 aliphatic heterocycles. The summed E-state index contributed by atoms with van der Waals surface area (Å²) in [5.74, 6) is 4.90. The largest absolute Gasteiger partial charge is 0.401 e. The number of amides is 1. The van der Waals surface area contributed by atoms with Gasteiger partial charge in [0.1, 0.15) is 0 Å². The van der Waals surface area contributed by atoms with Crippen LogP contribution in [0.2, 0.25) is 0 Å². The first kappa shape index (κ1) is 13.8. The summed E-state index contributed by atoms with van der Waals surface area (Å²) in [6.45, 7) is 0.536. The first-order valence-corrected chi connectivity index (χ1v) is 4.39. The molecule has 15 heavy (non-hydrogen) atoms. The lowest BCUT2D eigenvalue weighted by Gasteiger charge is -2.07. The van der Waals surface area contributed by atoms with E-state index in [1.165, 1.54) is 0 Å². The molecule has 2 N–H and O–H groups in total. The molecule has 0 saturated carbocycles. The van der Waals surface area contributed by atoms with Crippen LogP contribution in [0.3, 0.4) is 0 Å². The molecule has 0 fully saturated rings. The highest BCUT2D eigenvalue weighted by Gasteiger charge is 2.26. The van der Waals surface area contributed by atoms with E-state index in [4.69, 9.17) is 0 Å². The molecule has 0 bridgehead atoms. The van der Waals surface area contributed by atoms with Gasteiger partial charge in [-0.15, -0.1) is 11.8 Å². The van der Waals surface area contributed by atoms with Crippen LogP contribution in [-0.4, -0.2) is 31.7 Å². The van der Waals surface area contributed by atoms with Crippen LogP contribution in [0.5, 0.6) is 0 Å². The number of nitrogens with one attached hydrogen (secondary N) is 2. The monoisotopic (exact) mass is 222 g/mol. The first-order valence-electron chi connectivity index (χ1n) is 4.39. The van der Waals surface area contributed by atoms with E-state index >= 15 is 0 Å². The summed E-state index contributed by atoms with van der Waals surface area (Å²) >= 11 is 0. The van der Waals surface area contributed by atoms with Crippen molar-refractivity contribution in [1.29, 1.82) is 0 Å². The zero-order valence-corrected chi connectivity index (χ0v) is 8.37. The molecule has 1 amide bonds. The molecule has 0 aliphatic rings. The average Bonchev–Trinajstić information content (AvgIpc) is 2.10. The van der Waals surface area contributed by atoms with Gasteiger partial charge in [0.25, 0.3) is 0 Å². The number of hydrogen-bond acceptors (Lipinski definition) is 2. The third-order valence-corrected chi connectivity index (χ3v) is 1.36. The smallest absolute Gasteiger partial charge is 0.354 e. The Morgan fingerprint density at radius 3 is 2.60 bits per heavy atom. The van der Waals surface area contributed by atoms with Crippen molar-refractivity contribution in [1.82, 2.24) is 10.6 Å². The second kappa shape index (κ2) is 7.12. The number of hydrogen-bond donors (Lipinski definition) is 2. The lowest BCUT2D eigenvalue weighted by molar-refractivity contribution is -0.128. The maximum Gasteiger partial charge on any atom is 0.401 e. The van der Waals surface area contributed by atoms with Crippen LogP contribution < -0.4 is 10.6 Å². The Balaban J connectivity index is 3.44. The molecule has 0 aromatic rings. The molecule has 0 rings (SSSR count). The van der Waals surface area contributed by atoms with Gasteiger partial charge in [-0.05, 0) is 6.92 Å². The van der Waals surface area contributed by atoms with Crippen LogP contribution >= 0.6 is 0 Å². The van der Waals surface area contributed by atoms with E-state index in [0.29, 0.717) is 13.0 Å². The fourth-order valence-corrected chi connectivity index (χ4v) is 0.770.